The number of rotatable bonds is 5. The highest BCUT2D eigenvalue weighted by Crippen LogP contribution is 2.23. The fraction of sp³-hybridized carbons (Fsp3) is 0.600. The van der Waals surface area contributed by atoms with Gasteiger partial charge < -0.3 is 4.74 Å². The number of carbonyl (C=O) groups excluding carboxylic acids is 1. The van der Waals surface area contributed by atoms with Crippen LogP contribution < -0.4 is 0 Å². The highest BCUT2D eigenvalue weighted by Gasteiger charge is 2.11. The summed E-state index contributed by atoms with van der Waals surface area (Å²) >= 11 is 7.73. The van der Waals surface area contributed by atoms with Crippen molar-refractivity contribution in [3.8, 4) is 0 Å². The largest absolute Gasteiger partial charge is 0.469 e. The van der Waals surface area contributed by atoms with Crippen LogP contribution in [-0.2, 0) is 22.3 Å². The minimum atomic E-state index is -0.179. The second kappa shape index (κ2) is 6.15. The maximum atomic E-state index is 10.9. The molecule has 0 aliphatic carbocycles. The lowest BCUT2D eigenvalue weighted by Crippen LogP contribution is -2.01. The fourth-order valence-electron chi connectivity index (χ4n) is 1.27. The van der Waals surface area contributed by atoms with Crippen LogP contribution in [0.1, 0.15) is 17.7 Å². The van der Waals surface area contributed by atoms with Crippen molar-refractivity contribution in [3.63, 3.8) is 0 Å². The Hall–Kier alpha value is -0.680. The molecule has 1 rings (SSSR count). The highest BCUT2D eigenvalue weighted by atomic mass is 35.5. The zero-order valence-electron chi connectivity index (χ0n) is 9.62. The van der Waals surface area contributed by atoms with Crippen molar-refractivity contribution >= 4 is 29.3 Å². The van der Waals surface area contributed by atoms with E-state index in [0.717, 1.165) is 22.8 Å². The van der Waals surface area contributed by atoms with E-state index in [1.807, 2.05) is 14.0 Å². The Bertz CT molecular complexity index is 379. The van der Waals surface area contributed by atoms with Crippen LogP contribution in [0.2, 0.25) is 5.15 Å². The van der Waals surface area contributed by atoms with Crippen molar-refractivity contribution in [3.05, 3.63) is 16.4 Å². The van der Waals surface area contributed by atoms with Gasteiger partial charge in [-0.15, -0.1) is 0 Å². The van der Waals surface area contributed by atoms with Gasteiger partial charge in [-0.1, -0.05) is 11.6 Å². The van der Waals surface area contributed by atoms with Gasteiger partial charge in [0.15, 0.2) is 0 Å². The SMILES string of the molecule is COC(=O)CCSCc1c(C)nn(C)c1Cl. The Morgan fingerprint density at radius 2 is 2.31 bits per heavy atom. The molecule has 0 spiro atoms. The Kier molecular flexibility index (Phi) is 5.15. The van der Waals surface area contributed by atoms with Crippen molar-refractivity contribution in [1.29, 1.82) is 0 Å². The van der Waals surface area contributed by atoms with E-state index in [1.165, 1.54) is 7.11 Å². The van der Waals surface area contributed by atoms with Gasteiger partial charge in [-0.3, -0.25) is 9.48 Å². The van der Waals surface area contributed by atoms with Crippen molar-refractivity contribution in [1.82, 2.24) is 9.78 Å². The first-order chi connectivity index (χ1) is 7.56. The number of halogens is 1. The summed E-state index contributed by atoms with van der Waals surface area (Å²) in [6.45, 7) is 1.93. The van der Waals surface area contributed by atoms with E-state index in [-0.39, 0.29) is 5.97 Å². The third kappa shape index (κ3) is 3.42. The molecule has 0 radical (unpaired) electrons. The molecule has 16 heavy (non-hydrogen) atoms. The molecule has 0 saturated carbocycles. The molecule has 0 amide bonds. The number of aromatic nitrogens is 2. The molecule has 4 nitrogen and oxygen atoms in total. The van der Waals surface area contributed by atoms with Crippen molar-refractivity contribution in [2.75, 3.05) is 12.9 Å². The Morgan fingerprint density at radius 3 is 2.81 bits per heavy atom. The summed E-state index contributed by atoms with van der Waals surface area (Å²) in [6, 6.07) is 0. The first kappa shape index (κ1) is 13.4. The number of thioether (sulfide) groups is 1. The molecule has 0 atom stereocenters. The van der Waals surface area contributed by atoms with Gasteiger partial charge in [0.2, 0.25) is 0 Å². The maximum absolute atomic E-state index is 10.9. The molecule has 0 saturated heterocycles. The van der Waals surface area contributed by atoms with Crippen LogP contribution in [0, 0.1) is 6.92 Å². The van der Waals surface area contributed by atoms with Crippen LogP contribution in [0.3, 0.4) is 0 Å². The summed E-state index contributed by atoms with van der Waals surface area (Å²) in [6.07, 6.45) is 0.429. The molecule has 90 valence electrons. The second-order valence-corrected chi connectivity index (χ2v) is 4.82. The van der Waals surface area contributed by atoms with Crippen LogP contribution in [0.4, 0.5) is 0 Å². The number of nitrogens with zero attached hydrogens (tertiary/aromatic N) is 2. The van der Waals surface area contributed by atoms with Crippen LogP contribution >= 0.6 is 23.4 Å². The summed E-state index contributed by atoms with van der Waals surface area (Å²) in [5.74, 6) is 1.33. The van der Waals surface area contributed by atoms with E-state index in [1.54, 1.807) is 16.4 Å². The summed E-state index contributed by atoms with van der Waals surface area (Å²) in [7, 11) is 3.22. The topological polar surface area (TPSA) is 44.1 Å². The zero-order valence-corrected chi connectivity index (χ0v) is 11.2. The molecule has 0 unspecified atom stereocenters. The lowest BCUT2D eigenvalue weighted by atomic mass is 10.3. The van der Waals surface area contributed by atoms with E-state index in [2.05, 4.69) is 9.84 Å². The third-order valence-corrected chi connectivity index (χ3v) is 3.65. The minimum absolute atomic E-state index is 0.179. The van der Waals surface area contributed by atoms with Gasteiger partial charge in [0, 0.05) is 24.1 Å². The van der Waals surface area contributed by atoms with Crippen molar-refractivity contribution in [2.24, 2.45) is 7.05 Å². The fourth-order valence-corrected chi connectivity index (χ4v) is 2.60. The summed E-state index contributed by atoms with van der Waals surface area (Å²) in [4.78, 5) is 10.9. The summed E-state index contributed by atoms with van der Waals surface area (Å²) in [5, 5.41) is 4.89. The van der Waals surface area contributed by atoms with E-state index >= 15 is 0 Å². The van der Waals surface area contributed by atoms with Gasteiger partial charge in [-0.2, -0.15) is 16.9 Å². The number of methoxy groups -OCH3 is 1. The molecule has 0 bridgehead atoms. The Balaban J connectivity index is 2.40. The van der Waals surface area contributed by atoms with Crippen molar-refractivity contribution < 1.29 is 9.53 Å². The van der Waals surface area contributed by atoms with Crippen molar-refractivity contribution in [2.45, 2.75) is 19.1 Å². The molecule has 0 aliphatic heterocycles. The summed E-state index contributed by atoms with van der Waals surface area (Å²) < 4.78 is 6.22. The zero-order chi connectivity index (χ0) is 12.1. The lowest BCUT2D eigenvalue weighted by molar-refractivity contribution is -0.140. The minimum Gasteiger partial charge on any atom is -0.469 e. The predicted molar refractivity (Wildman–Crippen MR) is 65.8 cm³/mol. The molecule has 0 aliphatic rings. The molecular weight excluding hydrogens is 248 g/mol. The number of esters is 1. The molecule has 0 N–H and O–H groups in total. The van der Waals surface area contributed by atoms with Crippen LogP contribution in [-0.4, -0.2) is 28.6 Å². The number of aryl methyl sites for hydroxylation is 2. The highest BCUT2D eigenvalue weighted by molar-refractivity contribution is 7.98. The molecular formula is C10H15ClN2O2S. The van der Waals surface area contributed by atoms with E-state index in [9.17, 15) is 4.79 Å². The van der Waals surface area contributed by atoms with Gasteiger partial charge in [0.25, 0.3) is 0 Å². The van der Waals surface area contributed by atoms with Crippen LogP contribution in [0.15, 0.2) is 0 Å². The first-order valence-corrected chi connectivity index (χ1v) is 6.42. The lowest BCUT2D eigenvalue weighted by Gasteiger charge is -2.01. The molecule has 1 heterocycles. The number of hydrogen-bond acceptors (Lipinski definition) is 4. The molecule has 1 aromatic rings. The smallest absolute Gasteiger partial charge is 0.306 e. The Morgan fingerprint density at radius 1 is 1.62 bits per heavy atom. The average Bonchev–Trinajstić information content (AvgIpc) is 2.49. The van der Waals surface area contributed by atoms with Gasteiger partial charge in [0.1, 0.15) is 5.15 Å². The molecule has 0 aromatic carbocycles. The molecule has 0 fully saturated rings. The summed E-state index contributed by atoms with van der Waals surface area (Å²) in [5.41, 5.74) is 1.98. The van der Waals surface area contributed by atoms with Gasteiger partial charge in [-0.25, -0.2) is 0 Å². The maximum Gasteiger partial charge on any atom is 0.306 e. The molecule has 6 heteroatoms. The number of ether oxygens (including phenoxy) is 1. The number of carbonyl (C=O) groups is 1. The standard InChI is InChI=1S/C10H15ClN2O2S/c1-7-8(10(11)13(2)12-7)6-16-5-4-9(14)15-3/h4-6H2,1-3H3. The van der Waals surface area contributed by atoms with Gasteiger partial charge in [0.05, 0.1) is 19.2 Å². The first-order valence-electron chi connectivity index (χ1n) is 4.88. The normalized spacial score (nSPS) is 10.5. The van der Waals surface area contributed by atoms with E-state index < -0.39 is 0 Å². The Labute approximate surface area is 104 Å². The molecule has 1 aromatic heterocycles. The van der Waals surface area contributed by atoms with Gasteiger partial charge in [-0.05, 0) is 6.92 Å². The predicted octanol–water partition coefficient (Wildman–Crippen LogP) is 2.18. The number of hydrogen-bond donors (Lipinski definition) is 0. The van der Waals surface area contributed by atoms with E-state index in [0.29, 0.717) is 11.6 Å². The van der Waals surface area contributed by atoms with Crippen LogP contribution in [0.5, 0.6) is 0 Å². The van der Waals surface area contributed by atoms with Gasteiger partial charge >= 0.3 is 5.97 Å². The third-order valence-electron chi connectivity index (χ3n) is 2.19. The van der Waals surface area contributed by atoms with Crippen LogP contribution in [0.25, 0.3) is 0 Å². The monoisotopic (exact) mass is 262 g/mol. The average molecular weight is 263 g/mol. The quantitative estimate of drug-likeness (QED) is 0.603. The second-order valence-electron chi connectivity index (χ2n) is 3.36. The van der Waals surface area contributed by atoms with E-state index in [4.69, 9.17) is 11.6 Å².